The zero-order chi connectivity index (χ0) is 34.9. The molecule has 1 aromatic rings. The summed E-state index contributed by atoms with van der Waals surface area (Å²) in [5.74, 6) is 0.351. The fraction of sp³-hybridized carbons (Fsp3) is 0.706. The van der Waals surface area contributed by atoms with Gasteiger partial charge in [-0.05, 0) is 32.4 Å². The number of rotatable bonds is 19. The molecule has 0 aromatic carbocycles. The van der Waals surface area contributed by atoms with Crippen molar-refractivity contribution in [2.45, 2.75) is 133 Å². The van der Waals surface area contributed by atoms with Gasteiger partial charge in [-0.1, -0.05) is 117 Å². The second-order valence-corrected chi connectivity index (χ2v) is 12.8. The van der Waals surface area contributed by atoms with Crippen molar-refractivity contribution in [3.8, 4) is 0 Å². The quantitative estimate of drug-likeness (QED) is 0.0492. The van der Waals surface area contributed by atoms with Crippen molar-refractivity contribution in [3.05, 3.63) is 28.2 Å². The van der Waals surface area contributed by atoms with Gasteiger partial charge in [-0.25, -0.2) is 4.98 Å². The number of hydrogen-bond acceptors (Lipinski definition) is 9. The molecular formula is C34H62N4O4S3. The minimum atomic E-state index is -0.645. The van der Waals surface area contributed by atoms with Crippen LogP contribution in [-0.4, -0.2) is 57.8 Å². The highest BCUT2D eigenvalue weighted by atomic mass is 32.2. The zero-order valence-corrected chi connectivity index (χ0v) is 32.2. The number of nitrogens with zero attached hydrogens (tertiary/aromatic N) is 2. The van der Waals surface area contributed by atoms with E-state index in [0.29, 0.717) is 23.7 Å². The van der Waals surface area contributed by atoms with Crippen molar-refractivity contribution in [2.75, 3.05) is 18.6 Å². The van der Waals surface area contributed by atoms with Crippen LogP contribution in [0.5, 0.6) is 0 Å². The molecular weight excluding hydrogens is 625 g/mol. The molecule has 1 rings (SSSR count). The van der Waals surface area contributed by atoms with Crippen LogP contribution in [0.25, 0.3) is 0 Å². The molecule has 2 atom stereocenters. The average Bonchev–Trinajstić information content (AvgIpc) is 3.50. The summed E-state index contributed by atoms with van der Waals surface area (Å²) in [6.07, 6.45) is 16.7. The SMILES string of the molecule is CC.CCC.CCCCCCCC.CSC(=N[C@H](C)C(=O)NCC(C)=O)c1csc(CNC(=O)C[C@H](C)/C=C/CCSC=O)n1. The topological polar surface area (TPSA) is 118 Å². The van der Waals surface area contributed by atoms with Crippen molar-refractivity contribution in [1.29, 1.82) is 0 Å². The van der Waals surface area contributed by atoms with E-state index in [9.17, 15) is 19.2 Å². The lowest BCUT2D eigenvalue weighted by Crippen LogP contribution is -2.35. The largest absolute Gasteiger partial charge is 0.350 e. The summed E-state index contributed by atoms with van der Waals surface area (Å²) in [5, 5.41) is 8.64. The maximum absolute atomic E-state index is 12.2. The normalized spacial score (nSPS) is 11.9. The number of aromatic nitrogens is 1. The van der Waals surface area contributed by atoms with E-state index in [1.54, 1.807) is 6.92 Å². The van der Waals surface area contributed by atoms with Gasteiger partial charge >= 0.3 is 0 Å². The standard InChI is InChI=1S/C21H30N4O4S3.C8H18.C3H8.C2H6/c1-14(7-5-6-8-31-13-26)9-18(28)22-11-19-25-17(12-32-19)21(30-4)24-16(3)20(29)23-10-15(2)27;1-3-5-7-8-6-4-2;1-3-2;1-2/h5,7,12-14,16H,6,8-11H2,1-4H3,(H,22,28)(H,23,29);3-8H2,1-2H3;3H2,1-2H3;1-2H3/b7-5+,24-21?;;;/t14-,16-;;;/m1.../s1. The van der Waals surface area contributed by atoms with Crippen LogP contribution < -0.4 is 10.6 Å². The molecule has 0 aliphatic carbocycles. The van der Waals surface area contributed by atoms with Crippen molar-refractivity contribution in [2.24, 2.45) is 10.9 Å². The molecule has 0 unspecified atom stereocenters. The zero-order valence-electron chi connectivity index (χ0n) is 29.7. The molecule has 8 nitrogen and oxygen atoms in total. The molecule has 0 fully saturated rings. The number of thiazole rings is 1. The van der Waals surface area contributed by atoms with Crippen LogP contribution in [0.4, 0.5) is 0 Å². The Balaban J connectivity index is -0.00000114. The lowest BCUT2D eigenvalue weighted by Gasteiger charge is -2.09. The van der Waals surface area contributed by atoms with Crippen LogP contribution in [0.3, 0.4) is 0 Å². The van der Waals surface area contributed by atoms with Gasteiger partial charge in [0.15, 0.2) is 5.62 Å². The molecule has 0 aliphatic rings. The fourth-order valence-corrected chi connectivity index (χ4v) is 5.02. The molecule has 2 N–H and O–H groups in total. The van der Waals surface area contributed by atoms with Gasteiger partial charge in [0.1, 0.15) is 27.6 Å². The first-order valence-electron chi connectivity index (χ1n) is 16.4. The van der Waals surface area contributed by atoms with Gasteiger partial charge in [0, 0.05) is 17.6 Å². The van der Waals surface area contributed by atoms with Gasteiger partial charge < -0.3 is 10.6 Å². The monoisotopic (exact) mass is 686 g/mol. The summed E-state index contributed by atoms with van der Waals surface area (Å²) in [5.41, 5.74) is 1.49. The lowest BCUT2D eigenvalue weighted by atomic mass is 10.1. The lowest BCUT2D eigenvalue weighted by molar-refractivity contribution is -0.125. The number of hydrogen-bond donors (Lipinski definition) is 2. The summed E-state index contributed by atoms with van der Waals surface area (Å²) in [6.45, 7) is 18.1. The Bertz CT molecular complexity index is 946. The molecule has 2 amide bonds. The minimum absolute atomic E-state index is 0.0124. The molecule has 45 heavy (non-hydrogen) atoms. The van der Waals surface area contributed by atoms with Crippen molar-refractivity contribution in [3.63, 3.8) is 0 Å². The van der Waals surface area contributed by atoms with E-state index < -0.39 is 6.04 Å². The number of unbranched alkanes of at least 4 members (excludes halogenated alkanes) is 5. The number of thioether (sulfide) groups is 2. The molecule has 0 saturated heterocycles. The Morgan fingerprint density at radius 2 is 1.62 bits per heavy atom. The van der Waals surface area contributed by atoms with Crippen molar-refractivity contribution in [1.82, 2.24) is 15.6 Å². The molecule has 260 valence electrons. The van der Waals surface area contributed by atoms with Crippen LogP contribution in [0.2, 0.25) is 0 Å². The summed E-state index contributed by atoms with van der Waals surface area (Å²) in [7, 11) is 0. The molecule has 0 spiro atoms. The number of aliphatic imine (C=N–C) groups is 1. The number of allylic oxidation sites excluding steroid dienone is 2. The Kier molecular flexibility index (Phi) is 36.8. The third-order valence-corrected chi connectivity index (χ3v) is 7.66. The number of carbonyl (C=O) groups is 4. The van der Waals surface area contributed by atoms with Crippen LogP contribution in [-0.2, 0) is 25.7 Å². The molecule has 1 heterocycles. The van der Waals surface area contributed by atoms with Crippen LogP contribution in [0.15, 0.2) is 22.5 Å². The summed E-state index contributed by atoms with van der Waals surface area (Å²) >= 11 is 4.03. The third-order valence-electron chi connectivity index (χ3n) is 5.50. The summed E-state index contributed by atoms with van der Waals surface area (Å²) < 4.78 is 0. The van der Waals surface area contributed by atoms with E-state index in [0.717, 1.165) is 22.8 Å². The van der Waals surface area contributed by atoms with Gasteiger partial charge in [0.25, 0.3) is 0 Å². The van der Waals surface area contributed by atoms with Crippen molar-refractivity contribution >= 4 is 63.1 Å². The van der Waals surface area contributed by atoms with E-state index >= 15 is 0 Å². The maximum Gasteiger partial charge on any atom is 0.244 e. The molecule has 1 aromatic heterocycles. The second kappa shape index (κ2) is 34.9. The second-order valence-electron chi connectivity index (χ2n) is 10.1. The molecule has 0 radical (unpaired) electrons. The van der Waals surface area contributed by atoms with Crippen LogP contribution in [0.1, 0.15) is 131 Å². The van der Waals surface area contributed by atoms with E-state index in [2.05, 4.69) is 48.3 Å². The van der Waals surface area contributed by atoms with Gasteiger partial charge in [0.2, 0.25) is 11.8 Å². The number of carbonyl (C=O) groups excluding carboxylic acids is 4. The Hall–Kier alpha value is -1.98. The summed E-state index contributed by atoms with van der Waals surface area (Å²) in [4.78, 5) is 54.4. The van der Waals surface area contributed by atoms with Crippen LogP contribution >= 0.6 is 34.9 Å². The fourth-order valence-electron chi connectivity index (χ4n) is 3.28. The first-order valence-corrected chi connectivity index (χ1v) is 19.6. The predicted octanol–water partition coefficient (Wildman–Crippen LogP) is 8.67. The smallest absolute Gasteiger partial charge is 0.244 e. The number of ketones is 1. The van der Waals surface area contributed by atoms with Gasteiger partial charge in [0.05, 0.1) is 13.1 Å². The first kappa shape index (κ1) is 47.4. The molecule has 0 aliphatic heterocycles. The van der Waals surface area contributed by atoms with Gasteiger partial charge in [-0.2, -0.15) is 0 Å². The third kappa shape index (κ3) is 30.4. The van der Waals surface area contributed by atoms with E-state index in [4.69, 9.17) is 0 Å². The molecule has 0 bridgehead atoms. The highest BCUT2D eigenvalue weighted by molar-refractivity contribution is 8.13. The van der Waals surface area contributed by atoms with Gasteiger partial charge in [-0.15, -0.1) is 23.1 Å². The Morgan fingerprint density at radius 1 is 1.02 bits per heavy atom. The number of nitrogens with one attached hydrogen (secondary N) is 2. The van der Waals surface area contributed by atoms with E-state index in [1.165, 1.54) is 86.7 Å². The number of Topliss-reactive ketones (excluding diaryl/α,β-unsaturated/α-hetero) is 1. The highest BCUT2D eigenvalue weighted by Gasteiger charge is 2.16. The highest BCUT2D eigenvalue weighted by Crippen LogP contribution is 2.17. The first-order chi connectivity index (χ1) is 21.6. The average molecular weight is 687 g/mol. The molecule has 11 heteroatoms. The molecule has 0 saturated carbocycles. The number of amides is 2. The van der Waals surface area contributed by atoms with E-state index in [-0.39, 0.29) is 30.1 Å². The van der Waals surface area contributed by atoms with Crippen LogP contribution in [0, 0.1) is 5.92 Å². The predicted molar refractivity (Wildman–Crippen MR) is 200 cm³/mol. The van der Waals surface area contributed by atoms with Gasteiger partial charge in [-0.3, -0.25) is 24.2 Å². The Morgan fingerprint density at radius 3 is 2.13 bits per heavy atom. The van der Waals surface area contributed by atoms with Crippen molar-refractivity contribution < 1.29 is 19.2 Å². The maximum atomic E-state index is 12.2. The Labute approximate surface area is 287 Å². The summed E-state index contributed by atoms with van der Waals surface area (Å²) in [6, 6.07) is -0.645. The van der Waals surface area contributed by atoms with E-state index in [1.807, 2.05) is 44.6 Å². The minimum Gasteiger partial charge on any atom is -0.350 e.